The Labute approximate surface area is 124 Å². The summed E-state index contributed by atoms with van der Waals surface area (Å²) in [6.45, 7) is 2.58. The van der Waals surface area contributed by atoms with Gasteiger partial charge in [-0.05, 0) is 31.2 Å². The van der Waals surface area contributed by atoms with Gasteiger partial charge in [-0.1, -0.05) is 0 Å². The quantitative estimate of drug-likeness (QED) is 0.829. The summed E-state index contributed by atoms with van der Waals surface area (Å²) in [4.78, 5) is 26.6. The molecule has 0 bridgehead atoms. The molecular formula is C15H20N2O4. The number of rotatable bonds is 5. The van der Waals surface area contributed by atoms with Crippen LogP contribution in [0.1, 0.15) is 13.3 Å². The third kappa shape index (κ3) is 3.45. The van der Waals surface area contributed by atoms with Crippen LogP contribution in [0.4, 0.5) is 10.5 Å². The number of hydrogen-bond acceptors (Lipinski definition) is 5. The van der Waals surface area contributed by atoms with Crippen molar-refractivity contribution < 1.29 is 19.1 Å². The number of ether oxygens (including phenoxy) is 2. The van der Waals surface area contributed by atoms with Crippen LogP contribution in [0.5, 0.6) is 5.75 Å². The highest BCUT2D eigenvalue weighted by Gasteiger charge is 2.29. The summed E-state index contributed by atoms with van der Waals surface area (Å²) in [6, 6.07) is 7.59. The van der Waals surface area contributed by atoms with Crippen molar-refractivity contribution in [2.24, 2.45) is 0 Å². The number of benzene rings is 1. The van der Waals surface area contributed by atoms with Gasteiger partial charge in [0, 0.05) is 25.2 Å². The van der Waals surface area contributed by atoms with Gasteiger partial charge >= 0.3 is 6.09 Å². The highest BCUT2D eigenvalue weighted by Crippen LogP contribution is 2.21. The fourth-order valence-electron chi connectivity index (χ4n) is 2.19. The van der Waals surface area contributed by atoms with Crippen molar-refractivity contribution in [1.29, 1.82) is 0 Å². The first-order chi connectivity index (χ1) is 10.0. The van der Waals surface area contributed by atoms with Crippen molar-refractivity contribution in [1.82, 2.24) is 4.90 Å². The summed E-state index contributed by atoms with van der Waals surface area (Å²) in [6.07, 6.45) is -0.281. The van der Waals surface area contributed by atoms with E-state index in [9.17, 15) is 9.59 Å². The Hall–Kier alpha value is -2.24. The van der Waals surface area contributed by atoms with E-state index in [0.29, 0.717) is 6.54 Å². The van der Waals surface area contributed by atoms with E-state index in [4.69, 9.17) is 9.47 Å². The topological polar surface area (TPSA) is 59.1 Å². The number of anilines is 1. The van der Waals surface area contributed by atoms with Crippen molar-refractivity contribution in [3.8, 4) is 5.75 Å². The maximum atomic E-state index is 12.1. The molecule has 1 aromatic carbocycles. The molecule has 1 atom stereocenters. The van der Waals surface area contributed by atoms with Crippen LogP contribution in [-0.2, 0) is 9.53 Å². The molecule has 1 aliphatic heterocycles. The Bertz CT molecular complexity index is 515. The van der Waals surface area contributed by atoms with Crippen molar-refractivity contribution >= 4 is 17.7 Å². The van der Waals surface area contributed by atoms with Gasteiger partial charge in [0.25, 0.3) is 0 Å². The van der Waals surface area contributed by atoms with Crippen LogP contribution in [0.3, 0.4) is 0 Å². The third-order valence-electron chi connectivity index (χ3n) is 3.67. The van der Waals surface area contributed by atoms with Crippen LogP contribution >= 0.6 is 0 Å². The number of cyclic esters (lactones) is 1. The molecule has 1 heterocycles. The molecule has 0 N–H and O–H groups in total. The van der Waals surface area contributed by atoms with Crippen LogP contribution in [0.25, 0.3) is 0 Å². The number of methoxy groups -OCH3 is 1. The summed E-state index contributed by atoms with van der Waals surface area (Å²) in [5.41, 5.74) is 0.986. The van der Waals surface area contributed by atoms with Crippen LogP contribution in [-0.4, -0.2) is 50.3 Å². The number of nitrogens with zero attached hydrogens (tertiary/aromatic N) is 2. The second-order valence-electron chi connectivity index (χ2n) is 5.02. The Morgan fingerprint density at radius 3 is 2.62 bits per heavy atom. The van der Waals surface area contributed by atoms with Gasteiger partial charge < -0.3 is 14.4 Å². The van der Waals surface area contributed by atoms with Crippen molar-refractivity contribution in [3.63, 3.8) is 0 Å². The highest BCUT2D eigenvalue weighted by molar-refractivity contribution is 5.93. The monoisotopic (exact) mass is 292 g/mol. The lowest BCUT2D eigenvalue weighted by atomic mass is 10.1. The van der Waals surface area contributed by atoms with E-state index >= 15 is 0 Å². The molecule has 6 heteroatoms. The summed E-state index contributed by atoms with van der Waals surface area (Å²) in [5, 5.41) is 0. The van der Waals surface area contributed by atoms with Gasteiger partial charge in [0.15, 0.2) is 0 Å². The van der Waals surface area contributed by atoms with Crippen LogP contribution in [0.15, 0.2) is 24.3 Å². The van der Waals surface area contributed by atoms with Gasteiger partial charge in [-0.25, -0.2) is 9.69 Å². The summed E-state index contributed by atoms with van der Waals surface area (Å²) < 4.78 is 9.90. The summed E-state index contributed by atoms with van der Waals surface area (Å²) in [7, 11) is 3.54. The molecule has 0 radical (unpaired) electrons. The van der Waals surface area contributed by atoms with E-state index in [-0.39, 0.29) is 25.0 Å². The summed E-state index contributed by atoms with van der Waals surface area (Å²) >= 11 is 0. The van der Waals surface area contributed by atoms with Crippen LogP contribution < -0.4 is 9.64 Å². The summed E-state index contributed by atoms with van der Waals surface area (Å²) in [5.74, 6) is 0.584. The minimum Gasteiger partial charge on any atom is -0.497 e. The fourth-order valence-corrected chi connectivity index (χ4v) is 2.19. The normalized spacial score (nSPS) is 15.6. The predicted octanol–water partition coefficient (Wildman–Crippen LogP) is 1.89. The molecule has 114 valence electrons. The van der Waals surface area contributed by atoms with Gasteiger partial charge in [-0.15, -0.1) is 0 Å². The fraction of sp³-hybridized carbons (Fsp3) is 0.467. The lowest BCUT2D eigenvalue weighted by Crippen LogP contribution is -2.38. The van der Waals surface area contributed by atoms with E-state index in [1.807, 2.05) is 43.1 Å². The lowest BCUT2D eigenvalue weighted by molar-refractivity contribution is -0.128. The molecule has 1 fully saturated rings. The van der Waals surface area contributed by atoms with Gasteiger partial charge in [-0.3, -0.25) is 4.79 Å². The minimum atomic E-state index is -0.542. The standard InChI is InChI=1S/C15H20N2O4/c1-11(10-14(18)17-8-9-21-15(17)19)16(2)12-4-6-13(20-3)7-5-12/h4-7,11H,8-10H2,1-3H3. The number of hydrogen-bond donors (Lipinski definition) is 0. The zero-order valence-corrected chi connectivity index (χ0v) is 12.5. The molecule has 0 saturated carbocycles. The molecule has 0 spiro atoms. The van der Waals surface area contributed by atoms with E-state index < -0.39 is 6.09 Å². The first-order valence-corrected chi connectivity index (χ1v) is 6.87. The molecule has 1 aliphatic rings. The van der Waals surface area contributed by atoms with E-state index in [0.717, 1.165) is 11.4 Å². The zero-order valence-electron chi connectivity index (χ0n) is 12.5. The molecule has 6 nitrogen and oxygen atoms in total. The molecular weight excluding hydrogens is 272 g/mol. The minimum absolute atomic E-state index is 0.0284. The number of carbonyl (C=O) groups is 2. The van der Waals surface area contributed by atoms with Gasteiger partial charge in [0.2, 0.25) is 5.91 Å². The number of amides is 2. The number of carbonyl (C=O) groups excluding carboxylic acids is 2. The Morgan fingerprint density at radius 2 is 2.10 bits per heavy atom. The largest absolute Gasteiger partial charge is 0.497 e. The number of imide groups is 1. The van der Waals surface area contributed by atoms with Crippen LogP contribution in [0.2, 0.25) is 0 Å². The molecule has 2 amide bonds. The average Bonchev–Trinajstić information content (AvgIpc) is 2.92. The van der Waals surface area contributed by atoms with E-state index in [1.165, 1.54) is 4.90 Å². The molecule has 2 rings (SSSR count). The van der Waals surface area contributed by atoms with Crippen molar-refractivity contribution in [2.45, 2.75) is 19.4 Å². The molecule has 0 aliphatic carbocycles. The van der Waals surface area contributed by atoms with Crippen LogP contribution in [0, 0.1) is 0 Å². The van der Waals surface area contributed by atoms with Gasteiger partial charge in [0.05, 0.1) is 13.7 Å². The van der Waals surface area contributed by atoms with Crippen molar-refractivity contribution in [3.05, 3.63) is 24.3 Å². The van der Waals surface area contributed by atoms with Crippen molar-refractivity contribution in [2.75, 3.05) is 32.2 Å². The second-order valence-corrected chi connectivity index (χ2v) is 5.02. The first kappa shape index (κ1) is 15.2. The smallest absolute Gasteiger partial charge is 0.416 e. The SMILES string of the molecule is COc1ccc(N(C)C(C)CC(=O)N2CCOC2=O)cc1. The Kier molecular flexibility index (Phi) is 4.67. The lowest BCUT2D eigenvalue weighted by Gasteiger charge is -2.27. The first-order valence-electron chi connectivity index (χ1n) is 6.87. The van der Waals surface area contributed by atoms with Gasteiger partial charge in [-0.2, -0.15) is 0 Å². The Balaban J connectivity index is 1.96. The highest BCUT2D eigenvalue weighted by atomic mass is 16.6. The maximum absolute atomic E-state index is 12.1. The molecule has 1 saturated heterocycles. The molecule has 1 unspecified atom stereocenters. The van der Waals surface area contributed by atoms with E-state index in [1.54, 1.807) is 7.11 Å². The van der Waals surface area contributed by atoms with Gasteiger partial charge in [0.1, 0.15) is 12.4 Å². The Morgan fingerprint density at radius 1 is 1.43 bits per heavy atom. The molecule has 21 heavy (non-hydrogen) atoms. The second kappa shape index (κ2) is 6.47. The maximum Gasteiger partial charge on any atom is 0.416 e. The molecule has 0 aromatic heterocycles. The van der Waals surface area contributed by atoms with E-state index in [2.05, 4.69) is 0 Å². The third-order valence-corrected chi connectivity index (χ3v) is 3.67. The predicted molar refractivity (Wildman–Crippen MR) is 78.5 cm³/mol. The molecule has 1 aromatic rings. The average molecular weight is 292 g/mol. The zero-order chi connectivity index (χ0) is 15.4.